The van der Waals surface area contributed by atoms with Crippen LogP contribution in [0.15, 0.2) is 72.1 Å². The summed E-state index contributed by atoms with van der Waals surface area (Å²) >= 11 is 13.7. The Morgan fingerprint density at radius 1 is 0.744 bits per heavy atom. The zero-order chi connectivity index (χ0) is 27.7. The van der Waals surface area contributed by atoms with E-state index in [9.17, 15) is 24.0 Å². The van der Waals surface area contributed by atoms with Crippen LogP contribution < -0.4 is 10.6 Å². The Morgan fingerprint density at radius 2 is 1.41 bits per heavy atom. The molecule has 8 nitrogen and oxygen atoms in total. The largest absolute Gasteiger partial charge is 0.452 e. The average molecular weight is 579 g/mol. The third-order valence-corrected chi connectivity index (χ3v) is 7.33. The van der Waals surface area contributed by atoms with E-state index in [1.807, 2.05) is 0 Å². The summed E-state index contributed by atoms with van der Waals surface area (Å²) < 4.78 is 5.10. The second-order valence-corrected chi connectivity index (χ2v) is 10.1. The Balaban J connectivity index is 1.25. The van der Waals surface area contributed by atoms with Crippen LogP contribution in [0.2, 0.25) is 10.0 Å². The summed E-state index contributed by atoms with van der Waals surface area (Å²) in [6.07, 6.45) is 0. The lowest BCUT2D eigenvalue weighted by molar-refractivity contribution is -0.119. The van der Waals surface area contributed by atoms with Gasteiger partial charge in [-0.3, -0.25) is 19.2 Å². The number of fused-ring (bicyclic) bond motifs is 2. The van der Waals surface area contributed by atoms with Gasteiger partial charge < -0.3 is 15.4 Å². The van der Waals surface area contributed by atoms with E-state index in [1.54, 1.807) is 41.8 Å². The molecule has 1 aliphatic carbocycles. The quantitative estimate of drug-likeness (QED) is 0.243. The molecule has 2 amide bonds. The van der Waals surface area contributed by atoms with Crippen molar-refractivity contribution in [2.24, 2.45) is 0 Å². The van der Waals surface area contributed by atoms with Crippen molar-refractivity contribution in [1.82, 2.24) is 0 Å². The van der Waals surface area contributed by atoms with Crippen molar-refractivity contribution in [2.45, 2.75) is 0 Å². The van der Waals surface area contributed by atoms with E-state index in [0.717, 1.165) is 0 Å². The van der Waals surface area contributed by atoms with Crippen molar-refractivity contribution in [3.63, 3.8) is 0 Å². The topological polar surface area (TPSA) is 119 Å². The molecule has 4 aromatic rings. The lowest BCUT2D eigenvalue weighted by atomic mass is 9.84. The smallest absolute Gasteiger partial charge is 0.338 e. The van der Waals surface area contributed by atoms with Crippen LogP contribution in [0.1, 0.15) is 51.9 Å². The molecule has 0 atom stereocenters. The Bertz CT molecular complexity index is 1680. The number of carbonyl (C=O) groups excluding carboxylic acids is 5. The number of thiophene rings is 1. The summed E-state index contributed by atoms with van der Waals surface area (Å²) in [4.78, 5) is 63.7. The van der Waals surface area contributed by atoms with Crippen LogP contribution in [0.25, 0.3) is 0 Å². The SMILES string of the molecule is O=C(COC(=O)c1ccc(Cl)c(NC(=O)c2cccs2)c1)Nc1cc2c(cc1Cl)C(=O)c1ccccc1C2=O. The number of hydrogen-bond donors (Lipinski definition) is 2. The number of amides is 2. The van der Waals surface area contributed by atoms with Gasteiger partial charge >= 0.3 is 5.97 Å². The first kappa shape index (κ1) is 26.3. The second-order valence-electron chi connectivity index (χ2n) is 8.33. The number of nitrogens with one attached hydrogen (secondary N) is 2. The molecule has 0 saturated carbocycles. The highest BCUT2D eigenvalue weighted by atomic mass is 35.5. The molecule has 1 aliphatic rings. The maximum absolute atomic E-state index is 12.9. The van der Waals surface area contributed by atoms with E-state index in [4.69, 9.17) is 27.9 Å². The molecule has 1 heterocycles. The minimum absolute atomic E-state index is 0.0396. The number of ether oxygens (including phenoxy) is 1. The minimum atomic E-state index is -0.831. The van der Waals surface area contributed by atoms with Crippen molar-refractivity contribution in [3.05, 3.63) is 115 Å². The first-order chi connectivity index (χ1) is 18.7. The summed E-state index contributed by atoms with van der Waals surface area (Å²) in [5.74, 6) is -2.66. The van der Waals surface area contributed by atoms with Crippen molar-refractivity contribution in [3.8, 4) is 0 Å². The Labute approximate surface area is 235 Å². The van der Waals surface area contributed by atoms with Gasteiger partial charge in [0.25, 0.3) is 11.8 Å². The predicted molar refractivity (Wildman–Crippen MR) is 147 cm³/mol. The fourth-order valence-corrected chi connectivity index (χ4v) is 4.95. The van der Waals surface area contributed by atoms with Crippen LogP contribution >= 0.6 is 34.5 Å². The first-order valence-corrected chi connectivity index (χ1v) is 13.0. The number of hydrogen-bond acceptors (Lipinski definition) is 7. The van der Waals surface area contributed by atoms with E-state index in [1.165, 1.54) is 41.7 Å². The molecule has 0 fully saturated rings. The summed E-state index contributed by atoms with van der Waals surface area (Å²) in [6, 6.07) is 16.6. The summed E-state index contributed by atoms with van der Waals surface area (Å²) in [5, 5.41) is 7.14. The monoisotopic (exact) mass is 578 g/mol. The fourth-order valence-electron chi connectivity index (χ4n) is 3.95. The molecule has 0 aliphatic heterocycles. The van der Waals surface area contributed by atoms with Crippen molar-refractivity contribution in [2.75, 3.05) is 17.2 Å². The van der Waals surface area contributed by atoms with Crippen LogP contribution in [0.3, 0.4) is 0 Å². The van der Waals surface area contributed by atoms with Gasteiger partial charge in [0.15, 0.2) is 18.2 Å². The van der Waals surface area contributed by atoms with Crippen molar-refractivity contribution in [1.29, 1.82) is 0 Å². The molecule has 0 unspecified atom stereocenters. The first-order valence-electron chi connectivity index (χ1n) is 11.4. The summed E-state index contributed by atoms with van der Waals surface area (Å²) in [5.41, 5.74) is 1.14. The molecule has 194 valence electrons. The number of carbonyl (C=O) groups is 5. The van der Waals surface area contributed by atoms with E-state index < -0.39 is 18.5 Å². The Morgan fingerprint density at radius 3 is 2.08 bits per heavy atom. The lowest BCUT2D eigenvalue weighted by Crippen LogP contribution is -2.23. The molecule has 5 rings (SSSR count). The van der Waals surface area contributed by atoms with Crippen molar-refractivity contribution >= 4 is 75.3 Å². The molecule has 39 heavy (non-hydrogen) atoms. The standard InChI is InChI=1S/C28H16Cl2N2O6S/c29-19-8-7-14(10-21(19)32-27(36)23-6-3-9-39-23)28(37)38-13-24(33)31-22-12-18-17(11-20(22)30)25(34)15-4-1-2-5-16(15)26(18)35/h1-12H,13H2,(H,31,33)(H,32,36). The van der Waals surface area contributed by atoms with Gasteiger partial charge in [-0.25, -0.2) is 4.79 Å². The van der Waals surface area contributed by atoms with Gasteiger partial charge in [0.05, 0.1) is 31.9 Å². The van der Waals surface area contributed by atoms with Gasteiger partial charge in [0.1, 0.15) is 0 Å². The van der Waals surface area contributed by atoms with Crippen LogP contribution in [0, 0.1) is 0 Å². The van der Waals surface area contributed by atoms with E-state index >= 15 is 0 Å². The second kappa shape index (κ2) is 10.8. The zero-order valence-electron chi connectivity index (χ0n) is 19.7. The molecule has 0 radical (unpaired) electrons. The Kier molecular flexibility index (Phi) is 7.30. The molecule has 1 aromatic heterocycles. The van der Waals surface area contributed by atoms with Crippen LogP contribution in [-0.4, -0.2) is 36.0 Å². The molecule has 11 heteroatoms. The molecule has 3 aromatic carbocycles. The fraction of sp³-hybridized carbons (Fsp3) is 0.0357. The number of ketones is 2. The van der Waals surface area contributed by atoms with Gasteiger partial charge in [-0.1, -0.05) is 53.5 Å². The number of anilines is 2. The van der Waals surface area contributed by atoms with Crippen LogP contribution in [0.5, 0.6) is 0 Å². The lowest BCUT2D eigenvalue weighted by Gasteiger charge is -2.19. The van der Waals surface area contributed by atoms with E-state index in [2.05, 4.69) is 10.6 Å². The highest BCUT2D eigenvalue weighted by molar-refractivity contribution is 7.12. The summed E-state index contributed by atoms with van der Waals surface area (Å²) in [6.45, 7) is -0.665. The normalized spacial score (nSPS) is 11.8. The molecular formula is C28H16Cl2N2O6S. The molecule has 2 N–H and O–H groups in total. The van der Waals surface area contributed by atoms with Crippen molar-refractivity contribution < 1.29 is 28.7 Å². The van der Waals surface area contributed by atoms with Gasteiger partial charge in [-0.05, 0) is 41.8 Å². The number of esters is 1. The van der Waals surface area contributed by atoms with Crippen LogP contribution in [0.4, 0.5) is 11.4 Å². The highest BCUT2D eigenvalue weighted by Gasteiger charge is 2.30. The van der Waals surface area contributed by atoms with Gasteiger partial charge in [0, 0.05) is 22.3 Å². The predicted octanol–water partition coefficient (Wildman–Crippen LogP) is 5.88. The molecule has 0 spiro atoms. The third kappa shape index (κ3) is 5.33. The van der Waals surface area contributed by atoms with Gasteiger partial charge in [0.2, 0.25) is 0 Å². The number of halogens is 2. The maximum atomic E-state index is 12.9. The third-order valence-electron chi connectivity index (χ3n) is 5.82. The summed E-state index contributed by atoms with van der Waals surface area (Å²) in [7, 11) is 0. The molecule has 0 bridgehead atoms. The number of benzene rings is 3. The number of rotatable bonds is 6. The average Bonchev–Trinajstić information content (AvgIpc) is 3.48. The minimum Gasteiger partial charge on any atom is -0.452 e. The van der Waals surface area contributed by atoms with Crippen LogP contribution in [-0.2, 0) is 9.53 Å². The maximum Gasteiger partial charge on any atom is 0.338 e. The molecular weight excluding hydrogens is 563 g/mol. The highest BCUT2D eigenvalue weighted by Crippen LogP contribution is 2.33. The molecule has 0 saturated heterocycles. The zero-order valence-corrected chi connectivity index (χ0v) is 22.1. The van der Waals surface area contributed by atoms with Gasteiger partial charge in [-0.15, -0.1) is 11.3 Å². The Hall–Kier alpha value is -4.31. The van der Waals surface area contributed by atoms with E-state index in [0.29, 0.717) is 4.88 Å². The van der Waals surface area contributed by atoms with E-state index in [-0.39, 0.29) is 66.7 Å². The van der Waals surface area contributed by atoms with Gasteiger partial charge in [-0.2, -0.15) is 0 Å².